The SMILES string of the molecule is CCC(CC)C1=CC2(CC(C(CC)CC)=C1)c1cc3ccccc3c3c1-c1c4c(cc(CC(C)C)nc4cc[n+]12)C3(C)C. The average molecular weight is 570 g/mol. The fraction of sp³-hybridized carbons (Fsp3) is 0.463. The van der Waals surface area contributed by atoms with Crippen LogP contribution in [-0.2, 0) is 17.4 Å². The van der Waals surface area contributed by atoms with E-state index in [0.717, 1.165) is 18.4 Å². The predicted molar refractivity (Wildman–Crippen MR) is 182 cm³/mol. The van der Waals surface area contributed by atoms with Gasteiger partial charge in [-0.05, 0) is 95.5 Å². The summed E-state index contributed by atoms with van der Waals surface area (Å²) in [4.78, 5) is 5.32. The zero-order valence-electron chi connectivity index (χ0n) is 27.6. The first-order chi connectivity index (χ1) is 20.7. The second-order valence-corrected chi connectivity index (χ2v) is 14.6. The van der Waals surface area contributed by atoms with Crippen LogP contribution in [0.4, 0.5) is 0 Å². The van der Waals surface area contributed by atoms with E-state index >= 15 is 0 Å². The second kappa shape index (κ2) is 10.1. The van der Waals surface area contributed by atoms with Gasteiger partial charge in [0, 0.05) is 29.2 Å². The van der Waals surface area contributed by atoms with Gasteiger partial charge in [0.05, 0.1) is 16.5 Å². The molecule has 0 N–H and O–H groups in total. The zero-order valence-corrected chi connectivity index (χ0v) is 27.6. The minimum atomic E-state index is -0.226. The zero-order chi connectivity index (χ0) is 30.3. The Bertz CT molecular complexity index is 1830. The van der Waals surface area contributed by atoms with Crippen LogP contribution in [0.3, 0.4) is 0 Å². The molecular formula is C41H49N2+. The van der Waals surface area contributed by atoms with Gasteiger partial charge < -0.3 is 0 Å². The maximum atomic E-state index is 5.32. The van der Waals surface area contributed by atoms with E-state index in [1.165, 1.54) is 75.5 Å². The number of pyridine rings is 2. The Morgan fingerprint density at radius 3 is 2.30 bits per heavy atom. The van der Waals surface area contributed by atoms with Crippen molar-refractivity contribution >= 4 is 21.7 Å². The molecule has 1 unspecified atom stereocenters. The fourth-order valence-electron chi connectivity index (χ4n) is 9.11. The monoisotopic (exact) mass is 569 g/mol. The highest BCUT2D eigenvalue weighted by atomic mass is 15.1. The quantitative estimate of drug-likeness (QED) is 0.193. The maximum absolute atomic E-state index is 5.32. The molecule has 2 heteroatoms. The van der Waals surface area contributed by atoms with Crippen LogP contribution in [0.1, 0.15) is 110 Å². The lowest BCUT2D eigenvalue weighted by atomic mass is 9.66. The molecule has 3 heterocycles. The van der Waals surface area contributed by atoms with Gasteiger partial charge in [-0.25, -0.2) is 0 Å². The second-order valence-electron chi connectivity index (χ2n) is 14.6. The summed E-state index contributed by atoms with van der Waals surface area (Å²) in [5.74, 6) is 1.76. The normalized spacial score (nSPS) is 19.8. The Labute approximate surface area is 258 Å². The van der Waals surface area contributed by atoms with Gasteiger partial charge in [0.1, 0.15) is 0 Å². The number of rotatable bonds is 8. The molecule has 4 aromatic rings. The van der Waals surface area contributed by atoms with Crippen molar-refractivity contribution in [2.24, 2.45) is 17.8 Å². The van der Waals surface area contributed by atoms with Gasteiger partial charge in [-0.3, -0.25) is 4.98 Å². The number of hydrogen-bond acceptors (Lipinski definition) is 1. The lowest BCUT2D eigenvalue weighted by Crippen LogP contribution is -2.55. The third-order valence-corrected chi connectivity index (χ3v) is 11.3. The minimum Gasteiger partial charge on any atom is -0.252 e. The van der Waals surface area contributed by atoms with Crippen LogP contribution in [0.2, 0.25) is 0 Å². The van der Waals surface area contributed by atoms with Crippen LogP contribution in [-0.4, -0.2) is 4.98 Å². The smallest absolute Gasteiger partial charge is 0.224 e. The molecule has 0 fully saturated rings. The first-order valence-electron chi connectivity index (χ1n) is 17.1. The Morgan fingerprint density at radius 1 is 0.884 bits per heavy atom. The molecular weight excluding hydrogens is 520 g/mol. The predicted octanol–water partition coefficient (Wildman–Crippen LogP) is 10.4. The molecule has 1 atom stereocenters. The van der Waals surface area contributed by atoms with Crippen molar-refractivity contribution in [1.82, 2.24) is 4.98 Å². The molecule has 3 aliphatic rings. The summed E-state index contributed by atoms with van der Waals surface area (Å²) in [5.41, 5.74) is 12.5. The van der Waals surface area contributed by atoms with E-state index in [0.29, 0.717) is 17.8 Å². The van der Waals surface area contributed by atoms with Crippen molar-refractivity contribution in [2.45, 2.75) is 105 Å². The van der Waals surface area contributed by atoms with Gasteiger partial charge in [0.25, 0.3) is 0 Å². The number of benzene rings is 2. The van der Waals surface area contributed by atoms with Gasteiger partial charge in [-0.15, -0.1) is 0 Å². The van der Waals surface area contributed by atoms with E-state index < -0.39 is 0 Å². The van der Waals surface area contributed by atoms with Crippen molar-refractivity contribution < 1.29 is 4.57 Å². The molecule has 0 bridgehead atoms. The Hall–Kier alpha value is -3.26. The summed E-state index contributed by atoms with van der Waals surface area (Å²) in [7, 11) is 0. The summed E-state index contributed by atoms with van der Waals surface area (Å²) in [6.45, 7) is 19.0. The van der Waals surface area contributed by atoms with Crippen LogP contribution < -0.4 is 4.57 Å². The largest absolute Gasteiger partial charge is 0.252 e. The summed E-state index contributed by atoms with van der Waals surface area (Å²) in [5, 5.41) is 4.14. The fourth-order valence-corrected chi connectivity index (χ4v) is 9.11. The highest BCUT2D eigenvalue weighted by Crippen LogP contribution is 2.58. The van der Waals surface area contributed by atoms with E-state index in [-0.39, 0.29) is 11.0 Å². The van der Waals surface area contributed by atoms with E-state index in [4.69, 9.17) is 4.98 Å². The standard InChI is InChI=1S/C41H49N2/c1-9-26(10-2)29-20-30(27(11-3)12-4)24-41(23-29)34-21-28-15-13-14-16-32(28)38-37(34)39-36-33(40(38,7)8)22-31(19-25(5)6)42-35(36)17-18-43(39)41/h13-18,20-23,25-27H,9-12,19,24H2,1-8H3/q+1. The van der Waals surface area contributed by atoms with Crippen LogP contribution in [0.5, 0.6) is 0 Å². The van der Waals surface area contributed by atoms with E-state index in [1.54, 1.807) is 11.1 Å². The number of nitrogens with zero attached hydrogens (tertiary/aromatic N) is 2. The van der Waals surface area contributed by atoms with Gasteiger partial charge in [0.15, 0.2) is 6.20 Å². The number of aromatic nitrogens is 2. The molecule has 2 aromatic carbocycles. The number of allylic oxidation sites excluding steroid dienone is 4. The molecule has 2 aromatic heterocycles. The molecule has 0 saturated heterocycles. The molecule has 2 nitrogen and oxygen atoms in total. The summed E-state index contributed by atoms with van der Waals surface area (Å²) < 4.78 is 2.70. The molecule has 0 amide bonds. The average Bonchev–Trinajstić information content (AvgIpc) is 3.24. The first-order valence-corrected chi connectivity index (χ1v) is 17.1. The van der Waals surface area contributed by atoms with Crippen molar-refractivity contribution in [2.75, 3.05) is 0 Å². The lowest BCUT2D eigenvalue weighted by molar-refractivity contribution is -0.726. The Kier molecular flexibility index (Phi) is 6.73. The van der Waals surface area contributed by atoms with Crippen LogP contribution in [0, 0.1) is 17.8 Å². The van der Waals surface area contributed by atoms with Gasteiger partial charge in [-0.2, -0.15) is 4.57 Å². The maximum Gasteiger partial charge on any atom is 0.224 e. The molecule has 43 heavy (non-hydrogen) atoms. The summed E-state index contributed by atoms with van der Waals surface area (Å²) >= 11 is 0. The van der Waals surface area contributed by atoms with Gasteiger partial charge in [0.2, 0.25) is 11.2 Å². The Balaban J connectivity index is 1.64. The Morgan fingerprint density at radius 2 is 1.60 bits per heavy atom. The van der Waals surface area contributed by atoms with Crippen molar-refractivity contribution in [3.8, 4) is 11.3 Å². The number of hydrogen-bond donors (Lipinski definition) is 0. The summed E-state index contributed by atoms with van der Waals surface area (Å²) in [6.07, 6.45) is 14.5. The number of fused-ring (bicyclic) bond motifs is 4. The van der Waals surface area contributed by atoms with Gasteiger partial charge >= 0.3 is 0 Å². The molecule has 2 aliphatic carbocycles. The van der Waals surface area contributed by atoms with Crippen LogP contribution in [0.15, 0.2) is 72.0 Å². The third-order valence-electron chi connectivity index (χ3n) is 11.3. The molecule has 0 radical (unpaired) electrons. The van der Waals surface area contributed by atoms with E-state index in [1.807, 2.05) is 0 Å². The topological polar surface area (TPSA) is 16.8 Å². The molecule has 222 valence electrons. The summed E-state index contributed by atoms with van der Waals surface area (Å²) in [6, 6.07) is 16.5. The molecule has 1 aliphatic heterocycles. The van der Waals surface area contributed by atoms with Crippen LogP contribution >= 0.6 is 0 Å². The van der Waals surface area contributed by atoms with Crippen molar-refractivity contribution in [3.05, 3.63) is 94.3 Å². The highest BCUT2D eigenvalue weighted by Gasteiger charge is 2.57. The van der Waals surface area contributed by atoms with E-state index in [9.17, 15) is 0 Å². The highest BCUT2D eigenvalue weighted by molar-refractivity contribution is 6.06. The van der Waals surface area contributed by atoms with Gasteiger partial charge in [-0.1, -0.05) is 91.3 Å². The van der Waals surface area contributed by atoms with Crippen LogP contribution in [0.25, 0.3) is 32.9 Å². The minimum absolute atomic E-state index is 0.139. The van der Waals surface area contributed by atoms with E-state index in [2.05, 4.69) is 121 Å². The molecule has 7 rings (SSSR count). The van der Waals surface area contributed by atoms with Crippen molar-refractivity contribution in [1.29, 1.82) is 0 Å². The third kappa shape index (κ3) is 3.97. The first kappa shape index (κ1) is 28.5. The molecule has 1 spiro atoms. The molecule has 0 saturated carbocycles. The van der Waals surface area contributed by atoms with Crippen molar-refractivity contribution in [3.63, 3.8) is 0 Å². The lowest BCUT2D eigenvalue weighted by Gasteiger charge is -2.34.